The predicted molar refractivity (Wildman–Crippen MR) is 105 cm³/mol. The first-order valence-corrected chi connectivity index (χ1v) is 9.99. The van der Waals surface area contributed by atoms with E-state index in [4.69, 9.17) is 9.47 Å². The van der Waals surface area contributed by atoms with Gasteiger partial charge in [-0.15, -0.1) is 0 Å². The first-order chi connectivity index (χ1) is 14.4. The normalized spacial score (nSPS) is 28.5. The SMILES string of the molecule is COC[C@H]1CCCN1C(=O)C[C@@H]1O[C@H](CNC(=O)Nc2cccc(F)c2)[C@@H](O)[C@H]1O. The maximum absolute atomic E-state index is 13.2. The lowest BCUT2D eigenvalue weighted by Crippen LogP contribution is -2.42. The number of carbonyl (C=O) groups is 2. The summed E-state index contributed by atoms with van der Waals surface area (Å²) in [4.78, 5) is 26.3. The Morgan fingerprint density at radius 1 is 1.30 bits per heavy atom. The summed E-state index contributed by atoms with van der Waals surface area (Å²) in [6.45, 7) is 0.999. The Morgan fingerprint density at radius 2 is 2.07 bits per heavy atom. The molecule has 4 N–H and O–H groups in total. The van der Waals surface area contributed by atoms with Crippen LogP contribution in [0.25, 0.3) is 0 Å². The number of hydrogen-bond acceptors (Lipinski definition) is 6. The number of aliphatic hydroxyl groups excluding tert-OH is 2. The average Bonchev–Trinajstić information content (AvgIpc) is 3.27. The van der Waals surface area contributed by atoms with E-state index in [0.717, 1.165) is 12.8 Å². The van der Waals surface area contributed by atoms with Gasteiger partial charge in [-0.25, -0.2) is 9.18 Å². The van der Waals surface area contributed by atoms with Crippen molar-refractivity contribution in [2.24, 2.45) is 0 Å². The molecule has 2 heterocycles. The third kappa shape index (κ3) is 5.45. The molecule has 0 spiro atoms. The number of nitrogens with zero attached hydrogens (tertiary/aromatic N) is 1. The zero-order valence-electron chi connectivity index (χ0n) is 16.8. The van der Waals surface area contributed by atoms with Gasteiger partial charge in [0.1, 0.15) is 24.1 Å². The standard InChI is InChI=1S/C20H28FN3O6/c1-29-11-14-6-3-7-24(14)17(25)9-15-18(26)19(27)16(30-15)10-22-20(28)23-13-5-2-4-12(21)8-13/h2,4-5,8,14-16,18-19,26-27H,3,6-7,9-11H2,1H3,(H2,22,23,28)/t14-,15+,16-,18+,19-/m1/s1. The lowest BCUT2D eigenvalue weighted by molar-refractivity contribution is -0.137. The molecule has 0 bridgehead atoms. The average molecular weight is 425 g/mol. The topological polar surface area (TPSA) is 120 Å². The summed E-state index contributed by atoms with van der Waals surface area (Å²) in [5.41, 5.74) is 0.278. The number of halogens is 1. The molecule has 1 aromatic carbocycles. The van der Waals surface area contributed by atoms with Crippen molar-refractivity contribution < 1.29 is 33.7 Å². The number of ether oxygens (including phenoxy) is 2. The van der Waals surface area contributed by atoms with Crippen LogP contribution in [0.2, 0.25) is 0 Å². The molecule has 0 aliphatic carbocycles. The number of benzene rings is 1. The number of hydrogen-bond donors (Lipinski definition) is 4. The molecule has 1 aromatic rings. The zero-order valence-corrected chi connectivity index (χ0v) is 16.8. The Labute approximate surface area is 174 Å². The maximum atomic E-state index is 13.2. The van der Waals surface area contributed by atoms with Crippen molar-refractivity contribution in [3.05, 3.63) is 30.1 Å². The maximum Gasteiger partial charge on any atom is 0.319 e. The second kappa shape index (κ2) is 10.2. The van der Waals surface area contributed by atoms with E-state index in [0.29, 0.717) is 13.2 Å². The first-order valence-electron chi connectivity index (χ1n) is 9.99. The summed E-state index contributed by atoms with van der Waals surface area (Å²) in [7, 11) is 1.59. The van der Waals surface area contributed by atoms with Crippen LogP contribution in [0.3, 0.4) is 0 Å². The summed E-state index contributed by atoms with van der Waals surface area (Å²) < 4.78 is 24.0. The van der Waals surface area contributed by atoms with Crippen molar-refractivity contribution in [2.45, 2.75) is 49.7 Å². The molecule has 0 aromatic heterocycles. The molecule has 3 rings (SSSR count). The highest BCUT2D eigenvalue weighted by Crippen LogP contribution is 2.26. The number of anilines is 1. The molecule has 2 aliphatic heterocycles. The van der Waals surface area contributed by atoms with Crippen LogP contribution in [-0.4, -0.2) is 84.3 Å². The lowest BCUT2D eigenvalue weighted by Gasteiger charge is -2.26. The van der Waals surface area contributed by atoms with Gasteiger partial charge in [-0.1, -0.05) is 6.07 Å². The Balaban J connectivity index is 1.48. The number of methoxy groups -OCH3 is 1. The molecule has 3 amide bonds. The minimum absolute atomic E-state index is 0.00921. The van der Waals surface area contributed by atoms with Crippen LogP contribution in [0.4, 0.5) is 14.9 Å². The lowest BCUT2D eigenvalue weighted by atomic mass is 10.0. The molecular formula is C20H28FN3O6. The second-order valence-electron chi connectivity index (χ2n) is 7.58. The van der Waals surface area contributed by atoms with Gasteiger partial charge in [0.15, 0.2) is 0 Å². The van der Waals surface area contributed by atoms with Crippen LogP contribution >= 0.6 is 0 Å². The first kappa shape index (κ1) is 22.4. The van der Waals surface area contributed by atoms with Crippen molar-refractivity contribution in [3.63, 3.8) is 0 Å². The highest BCUT2D eigenvalue weighted by molar-refractivity contribution is 5.89. The van der Waals surface area contributed by atoms with Crippen LogP contribution in [0.15, 0.2) is 24.3 Å². The molecule has 0 radical (unpaired) electrons. The molecule has 2 fully saturated rings. The van der Waals surface area contributed by atoms with Gasteiger partial charge >= 0.3 is 6.03 Å². The Hall–Kier alpha value is -2.27. The molecule has 9 nitrogen and oxygen atoms in total. The van der Waals surface area contributed by atoms with Crippen molar-refractivity contribution in [1.82, 2.24) is 10.2 Å². The van der Waals surface area contributed by atoms with E-state index < -0.39 is 36.3 Å². The number of nitrogens with one attached hydrogen (secondary N) is 2. The van der Waals surface area contributed by atoms with E-state index in [2.05, 4.69) is 10.6 Å². The summed E-state index contributed by atoms with van der Waals surface area (Å²) in [6, 6.07) is 4.82. The minimum Gasteiger partial charge on any atom is -0.388 e. The zero-order chi connectivity index (χ0) is 21.7. The van der Waals surface area contributed by atoms with Crippen molar-refractivity contribution in [1.29, 1.82) is 0 Å². The fourth-order valence-corrected chi connectivity index (χ4v) is 3.92. The van der Waals surface area contributed by atoms with Crippen LogP contribution in [0, 0.1) is 5.82 Å². The molecular weight excluding hydrogens is 397 g/mol. The van der Waals surface area contributed by atoms with Crippen LogP contribution in [0.5, 0.6) is 0 Å². The van der Waals surface area contributed by atoms with Gasteiger partial charge in [0.25, 0.3) is 0 Å². The Kier molecular flexibility index (Phi) is 7.59. The number of aliphatic hydroxyl groups is 2. The molecule has 0 unspecified atom stereocenters. The van der Waals surface area contributed by atoms with E-state index in [1.807, 2.05) is 0 Å². The van der Waals surface area contributed by atoms with E-state index in [-0.39, 0.29) is 30.6 Å². The second-order valence-corrected chi connectivity index (χ2v) is 7.58. The summed E-state index contributed by atoms with van der Waals surface area (Å²) in [6.07, 6.45) is -2.53. The number of rotatable bonds is 7. The molecule has 30 heavy (non-hydrogen) atoms. The van der Waals surface area contributed by atoms with E-state index in [1.54, 1.807) is 12.0 Å². The number of amides is 3. The smallest absolute Gasteiger partial charge is 0.319 e. The predicted octanol–water partition coefficient (Wildman–Crippen LogP) is 0.464. The largest absolute Gasteiger partial charge is 0.388 e. The van der Waals surface area contributed by atoms with Crippen LogP contribution in [0.1, 0.15) is 19.3 Å². The van der Waals surface area contributed by atoms with E-state index in [9.17, 15) is 24.2 Å². The van der Waals surface area contributed by atoms with Gasteiger partial charge in [-0.2, -0.15) is 0 Å². The summed E-state index contributed by atoms with van der Waals surface area (Å²) in [5.74, 6) is -0.646. The summed E-state index contributed by atoms with van der Waals surface area (Å²) >= 11 is 0. The van der Waals surface area contributed by atoms with Crippen LogP contribution < -0.4 is 10.6 Å². The van der Waals surface area contributed by atoms with Crippen LogP contribution in [-0.2, 0) is 14.3 Å². The van der Waals surface area contributed by atoms with Gasteiger partial charge in [-0.05, 0) is 31.0 Å². The Bertz CT molecular complexity index is 751. The van der Waals surface area contributed by atoms with Gasteiger partial charge in [-0.3, -0.25) is 4.79 Å². The highest BCUT2D eigenvalue weighted by atomic mass is 19.1. The number of urea groups is 1. The van der Waals surface area contributed by atoms with E-state index >= 15 is 0 Å². The van der Waals surface area contributed by atoms with Gasteiger partial charge in [0.05, 0.1) is 25.2 Å². The van der Waals surface area contributed by atoms with Crippen molar-refractivity contribution in [3.8, 4) is 0 Å². The highest BCUT2D eigenvalue weighted by Gasteiger charge is 2.44. The third-order valence-corrected chi connectivity index (χ3v) is 5.44. The molecule has 0 saturated carbocycles. The molecule has 5 atom stereocenters. The number of likely N-dealkylation sites (tertiary alicyclic amines) is 1. The monoisotopic (exact) mass is 425 g/mol. The van der Waals surface area contributed by atoms with Gasteiger partial charge < -0.3 is 35.2 Å². The fourth-order valence-electron chi connectivity index (χ4n) is 3.92. The van der Waals surface area contributed by atoms with Crippen molar-refractivity contribution in [2.75, 3.05) is 32.1 Å². The quantitative estimate of drug-likeness (QED) is 0.504. The summed E-state index contributed by atoms with van der Waals surface area (Å²) in [5, 5.41) is 25.5. The fraction of sp³-hybridized carbons (Fsp3) is 0.600. The van der Waals surface area contributed by atoms with Crippen molar-refractivity contribution >= 4 is 17.6 Å². The van der Waals surface area contributed by atoms with Gasteiger partial charge in [0.2, 0.25) is 5.91 Å². The number of carbonyl (C=O) groups excluding carboxylic acids is 2. The third-order valence-electron chi connectivity index (χ3n) is 5.44. The molecule has 2 saturated heterocycles. The van der Waals surface area contributed by atoms with E-state index in [1.165, 1.54) is 24.3 Å². The Morgan fingerprint density at radius 3 is 2.80 bits per heavy atom. The molecule has 10 heteroatoms. The van der Waals surface area contributed by atoms with Gasteiger partial charge in [0, 0.05) is 25.9 Å². The molecule has 166 valence electrons. The minimum atomic E-state index is -1.24. The molecule has 2 aliphatic rings.